The summed E-state index contributed by atoms with van der Waals surface area (Å²) in [5.74, 6) is 9.77. The van der Waals surface area contributed by atoms with Gasteiger partial charge in [-0.05, 0) is 55.8 Å². The summed E-state index contributed by atoms with van der Waals surface area (Å²) in [4.78, 5) is 0. The standard InChI is InChI=1S/C16H21N3/c17-3-1-2-11-9-18-19(10-11)16-14-5-12-4-13(7-14)8-15(16)6-12/h9-10,12-16H,3-8,17H2. The van der Waals surface area contributed by atoms with Gasteiger partial charge in [0, 0.05) is 6.20 Å². The number of nitrogens with two attached hydrogens (primary N) is 1. The van der Waals surface area contributed by atoms with Crippen molar-refractivity contribution in [2.45, 2.75) is 38.1 Å². The molecule has 4 saturated carbocycles. The average molecular weight is 255 g/mol. The van der Waals surface area contributed by atoms with Crippen LogP contribution in [-0.4, -0.2) is 16.3 Å². The number of rotatable bonds is 1. The highest BCUT2D eigenvalue weighted by atomic mass is 15.3. The van der Waals surface area contributed by atoms with E-state index in [4.69, 9.17) is 5.73 Å². The molecule has 100 valence electrons. The van der Waals surface area contributed by atoms with Crippen molar-refractivity contribution in [1.29, 1.82) is 0 Å². The van der Waals surface area contributed by atoms with Crippen molar-refractivity contribution in [2.24, 2.45) is 29.4 Å². The van der Waals surface area contributed by atoms with Crippen LogP contribution in [0.4, 0.5) is 0 Å². The number of aromatic nitrogens is 2. The third-order valence-corrected chi connectivity index (χ3v) is 5.42. The first kappa shape index (κ1) is 11.5. The third kappa shape index (κ3) is 1.90. The second-order valence-electron chi connectivity index (χ2n) is 6.64. The molecule has 0 saturated heterocycles. The van der Waals surface area contributed by atoms with Gasteiger partial charge in [-0.25, -0.2) is 0 Å². The number of hydrogen-bond acceptors (Lipinski definition) is 2. The van der Waals surface area contributed by atoms with Crippen LogP contribution in [0.3, 0.4) is 0 Å². The first-order valence-electron chi connectivity index (χ1n) is 7.56. The summed E-state index contributed by atoms with van der Waals surface area (Å²) in [6.07, 6.45) is 11.3. The molecule has 19 heavy (non-hydrogen) atoms. The van der Waals surface area contributed by atoms with Gasteiger partial charge in [0.15, 0.2) is 0 Å². The molecule has 0 unspecified atom stereocenters. The van der Waals surface area contributed by atoms with Gasteiger partial charge in [0.1, 0.15) is 0 Å². The van der Waals surface area contributed by atoms with Gasteiger partial charge in [0.2, 0.25) is 0 Å². The zero-order valence-electron chi connectivity index (χ0n) is 11.3. The van der Waals surface area contributed by atoms with Gasteiger partial charge in [-0.2, -0.15) is 5.10 Å². The van der Waals surface area contributed by atoms with E-state index in [0.29, 0.717) is 12.6 Å². The number of nitrogens with zero attached hydrogens (tertiary/aromatic N) is 2. The minimum Gasteiger partial charge on any atom is -0.320 e. The molecule has 0 aromatic carbocycles. The highest BCUT2D eigenvalue weighted by Gasteiger charge is 2.49. The van der Waals surface area contributed by atoms with Crippen molar-refractivity contribution in [3.63, 3.8) is 0 Å². The highest BCUT2D eigenvalue weighted by molar-refractivity contribution is 5.30. The summed E-state index contributed by atoms with van der Waals surface area (Å²) in [5, 5.41) is 4.59. The molecule has 0 radical (unpaired) electrons. The van der Waals surface area contributed by atoms with E-state index in [1.54, 1.807) is 0 Å². The van der Waals surface area contributed by atoms with Crippen molar-refractivity contribution in [3.8, 4) is 11.8 Å². The average Bonchev–Trinajstić information content (AvgIpc) is 2.83. The van der Waals surface area contributed by atoms with Crippen LogP contribution in [0.25, 0.3) is 0 Å². The van der Waals surface area contributed by atoms with E-state index in [-0.39, 0.29) is 0 Å². The molecule has 4 aliphatic carbocycles. The Labute approximate surface area is 114 Å². The van der Waals surface area contributed by atoms with Gasteiger partial charge >= 0.3 is 0 Å². The van der Waals surface area contributed by atoms with Gasteiger partial charge in [0.05, 0.1) is 24.3 Å². The van der Waals surface area contributed by atoms with Gasteiger partial charge in [-0.3, -0.25) is 4.68 Å². The van der Waals surface area contributed by atoms with E-state index in [1.807, 2.05) is 6.20 Å². The Morgan fingerprint density at radius 2 is 1.84 bits per heavy atom. The molecular weight excluding hydrogens is 234 g/mol. The van der Waals surface area contributed by atoms with E-state index in [0.717, 1.165) is 29.2 Å². The summed E-state index contributed by atoms with van der Waals surface area (Å²) in [7, 11) is 0. The highest BCUT2D eigenvalue weighted by Crippen LogP contribution is 2.58. The monoisotopic (exact) mass is 255 g/mol. The molecule has 5 rings (SSSR count). The maximum absolute atomic E-state index is 5.42. The number of hydrogen-bond donors (Lipinski definition) is 1. The minimum absolute atomic E-state index is 0.420. The van der Waals surface area contributed by atoms with Crippen molar-refractivity contribution in [1.82, 2.24) is 9.78 Å². The maximum atomic E-state index is 5.42. The second-order valence-corrected chi connectivity index (χ2v) is 6.64. The lowest BCUT2D eigenvalue weighted by atomic mass is 9.54. The predicted octanol–water partition coefficient (Wildman–Crippen LogP) is 2.19. The minimum atomic E-state index is 0.420. The Morgan fingerprint density at radius 3 is 2.47 bits per heavy atom. The van der Waals surface area contributed by atoms with Crippen molar-refractivity contribution in [2.75, 3.05) is 6.54 Å². The molecule has 0 aliphatic heterocycles. The topological polar surface area (TPSA) is 43.8 Å². The summed E-state index contributed by atoms with van der Waals surface area (Å²) < 4.78 is 2.22. The van der Waals surface area contributed by atoms with E-state index in [1.165, 1.54) is 32.1 Å². The van der Waals surface area contributed by atoms with Crippen molar-refractivity contribution < 1.29 is 0 Å². The lowest BCUT2D eigenvalue weighted by Crippen LogP contribution is -2.46. The molecule has 0 amide bonds. The van der Waals surface area contributed by atoms with E-state index >= 15 is 0 Å². The van der Waals surface area contributed by atoms with E-state index in [9.17, 15) is 0 Å². The van der Waals surface area contributed by atoms with Crippen LogP contribution in [0.5, 0.6) is 0 Å². The SMILES string of the molecule is NCC#Cc1cnn(C2C3CC4CC(C3)CC2C4)c1. The van der Waals surface area contributed by atoms with Crippen LogP contribution in [-0.2, 0) is 0 Å². The lowest BCUT2D eigenvalue weighted by molar-refractivity contribution is -0.0336. The van der Waals surface area contributed by atoms with Crippen LogP contribution >= 0.6 is 0 Å². The third-order valence-electron chi connectivity index (χ3n) is 5.42. The fourth-order valence-corrected chi connectivity index (χ4v) is 5.05. The zero-order valence-corrected chi connectivity index (χ0v) is 11.3. The maximum Gasteiger partial charge on any atom is 0.0646 e. The molecule has 1 heterocycles. The smallest absolute Gasteiger partial charge is 0.0646 e. The first-order chi connectivity index (χ1) is 9.33. The Balaban J connectivity index is 1.60. The van der Waals surface area contributed by atoms with Crippen molar-refractivity contribution >= 4 is 0 Å². The van der Waals surface area contributed by atoms with E-state index < -0.39 is 0 Å². The Morgan fingerprint density at radius 1 is 1.16 bits per heavy atom. The first-order valence-corrected chi connectivity index (χ1v) is 7.56. The molecule has 3 heteroatoms. The lowest BCUT2D eigenvalue weighted by Gasteiger charge is -2.54. The Kier molecular flexibility index (Phi) is 2.66. The summed E-state index contributed by atoms with van der Waals surface area (Å²) in [6, 6.07) is 0.640. The van der Waals surface area contributed by atoms with E-state index in [2.05, 4.69) is 27.8 Å². The van der Waals surface area contributed by atoms with Crippen LogP contribution in [0.15, 0.2) is 12.4 Å². The molecule has 4 bridgehead atoms. The molecule has 4 fully saturated rings. The van der Waals surface area contributed by atoms with Gasteiger partial charge in [0.25, 0.3) is 0 Å². The van der Waals surface area contributed by atoms with Crippen LogP contribution in [0.1, 0.15) is 43.7 Å². The second kappa shape index (κ2) is 4.38. The largest absolute Gasteiger partial charge is 0.320 e. The quantitative estimate of drug-likeness (QED) is 0.782. The molecular formula is C16H21N3. The molecule has 1 aromatic heterocycles. The van der Waals surface area contributed by atoms with Crippen molar-refractivity contribution in [3.05, 3.63) is 18.0 Å². The summed E-state index contributed by atoms with van der Waals surface area (Å²) >= 11 is 0. The van der Waals surface area contributed by atoms with Gasteiger partial charge < -0.3 is 5.73 Å². The van der Waals surface area contributed by atoms with Crippen LogP contribution < -0.4 is 5.73 Å². The molecule has 0 spiro atoms. The Bertz CT molecular complexity index is 506. The van der Waals surface area contributed by atoms with Gasteiger partial charge in [-0.1, -0.05) is 11.8 Å². The fraction of sp³-hybridized carbons (Fsp3) is 0.688. The molecule has 0 atom stereocenters. The molecule has 4 aliphatic rings. The molecule has 2 N–H and O–H groups in total. The predicted molar refractivity (Wildman–Crippen MR) is 74.2 cm³/mol. The zero-order chi connectivity index (χ0) is 12.8. The van der Waals surface area contributed by atoms with Crippen LogP contribution in [0.2, 0.25) is 0 Å². The normalized spacial score (nSPS) is 39.1. The molecule has 3 nitrogen and oxygen atoms in total. The fourth-order valence-electron chi connectivity index (χ4n) is 5.05. The summed E-state index contributed by atoms with van der Waals surface area (Å²) in [5.41, 5.74) is 6.43. The van der Waals surface area contributed by atoms with Crippen LogP contribution in [0, 0.1) is 35.5 Å². The van der Waals surface area contributed by atoms with Gasteiger partial charge in [-0.15, -0.1) is 0 Å². The summed E-state index contributed by atoms with van der Waals surface area (Å²) in [6.45, 7) is 0.420. The Hall–Kier alpha value is -1.27. The molecule has 1 aromatic rings.